The number of nitrogens with zero attached hydrogens (tertiary/aromatic N) is 3. The summed E-state index contributed by atoms with van der Waals surface area (Å²) >= 11 is 5.83. The highest BCUT2D eigenvalue weighted by molar-refractivity contribution is 6.18. The zero-order valence-electron chi connectivity index (χ0n) is 11.1. The van der Waals surface area contributed by atoms with Gasteiger partial charge in [0.25, 0.3) is 5.91 Å². The van der Waals surface area contributed by atoms with Crippen LogP contribution >= 0.6 is 11.6 Å². The van der Waals surface area contributed by atoms with E-state index in [4.69, 9.17) is 11.6 Å². The minimum absolute atomic E-state index is 0.0444. The van der Waals surface area contributed by atoms with Gasteiger partial charge in [0.1, 0.15) is 0 Å². The van der Waals surface area contributed by atoms with Crippen LogP contribution in [0.25, 0.3) is 11.0 Å². The van der Waals surface area contributed by atoms with Crippen LogP contribution < -0.4 is 0 Å². The summed E-state index contributed by atoms with van der Waals surface area (Å²) in [5.41, 5.74) is 2.21. The lowest BCUT2D eigenvalue weighted by atomic mass is 9.91. The van der Waals surface area contributed by atoms with Crippen LogP contribution in [0.3, 0.4) is 0 Å². The lowest BCUT2D eigenvalue weighted by Crippen LogP contribution is -2.45. The van der Waals surface area contributed by atoms with E-state index < -0.39 is 0 Å². The molecular formula is C15H16ClN3O. The first-order valence-corrected chi connectivity index (χ1v) is 7.41. The Balaban J connectivity index is 1.89. The van der Waals surface area contributed by atoms with Gasteiger partial charge in [-0.3, -0.25) is 14.8 Å². The molecule has 3 rings (SSSR count). The summed E-state index contributed by atoms with van der Waals surface area (Å²) in [7, 11) is 0. The van der Waals surface area contributed by atoms with Crippen LogP contribution in [0.5, 0.6) is 0 Å². The highest BCUT2D eigenvalue weighted by Crippen LogP contribution is 2.26. The lowest BCUT2D eigenvalue weighted by Gasteiger charge is -2.37. The van der Waals surface area contributed by atoms with Gasteiger partial charge in [0, 0.05) is 36.4 Å². The molecule has 0 radical (unpaired) electrons. The molecule has 0 aliphatic heterocycles. The van der Waals surface area contributed by atoms with Crippen molar-refractivity contribution in [2.45, 2.75) is 25.3 Å². The van der Waals surface area contributed by atoms with Crippen molar-refractivity contribution in [3.63, 3.8) is 0 Å². The first kappa shape index (κ1) is 13.3. The molecule has 1 heterocycles. The molecule has 20 heavy (non-hydrogen) atoms. The number of fused-ring (bicyclic) bond motifs is 1. The number of benzene rings is 1. The number of hydrogen-bond donors (Lipinski definition) is 0. The fourth-order valence-electron chi connectivity index (χ4n) is 2.50. The maximum Gasteiger partial charge on any atom is 0.254 e. The summed E-state index contributed by atoms with van der Waals surface area (Å²) in [6.45, 7) is 0.601. The van der Waals surface area contributed by atoms with Crippen LogP contribution in [0, 0.1) is 0 Å². The van der Waals surface area contributed by atoms with Gasteiger partial charge in [-0.25, -0.2) is 0 Å². The molecule has 0 spiro atoms. The van der Waals surface area contributed by atoms with Gasteiger partial charge in [-0.1, -0.05) is 0 Å². The molecule has 0 N–H and O–H groups in total. The molecule has 1 fully saturated rings. The van der Waals surface area contributed by atoms with Gasteiger partial charge in [-0.15, -0.1) is 11.6 Å². The normalized spacial score (nSPS) is 15.1. The molecule has 1 saturated carbocycles. The molecular weight excluding hydrogens is 274 g/mol. The fourth-order valence-corrected chi connectivity index (χ4v) is 2.68. The standard InChI is InChI=1S/C15H16ClN3O/c16-6-9-19(12-2-1-3-12)15(20)11-4-5-13-14(10-11)18-8-7-17-13/h4-5,7-8,10,12H,1-3,6,9H2. The second kappa shape index (κ2) is 5.75. The van der Waals surface area contributed by atoms with E-state index in [1.807, 2.05) is 23.1 Å². The first-order valence-electron chi connectivity index (χ1n) is 6.87. The molecule has 1 aliphatic rings. The van der Waals surface area contributed by atoms with Crippen molar-refractivity contribution in [3.8, 4) is 0 Å². The van der Waals surface area contributed by atoms with Gasteiger partial charge in [-0.05, 0) is 37.5 Å². The largest absolute Gasteiger partial charge is 0.334 e. The maximum atomic E-state index is 12.6. The fraction of sp³-hybridized carbons (Fsp3) is 0.400. The Morgan fingerprint density at radius 3 is 2.65 bits per heavy atom. The molecule has 0 saturated heterocycles. The van der Waals surface area contributed by atoms with E-state index in [2.05, 4.69) is 9.97 Å². The smallest absolute Gasteiger partial charge is 0.254 e. The minimum atomic E-state index is 0.0444. The Kier molecular flexibility index (Phi) is 3.83. The van der Waals surface area contributed by atoms with E-state index in [1.165, 1.54) is 6.42 Å². The number of alkyl halides is 1. The predicted molar refractivity (Wildman–Crippen MR) is 78.9 cm³/mol. The highest BCUT2D eigenvalue weighted by atomic mass is 35.5. The number of carbonyl (C=O) groups is 1. The van der Waals surface area contributed by atoms with E-state index in [0.29, 0.717) is 24.0 Å². The molecule has 1 amide bonds. The lowest BCUT2D eigenvalue weighted by molar-refractivity contribution is 0.0598. The topological polar surface area (TPSA) is 46.1 Å². The maximum absolute atomic E-state index is 12.6. The molecule has 0 atom stereocenters. The first-order chi connectivity index (χ1) is 9.79. The number of carbonyl (C=O) groups excluding carboxylic acids is 1. The number of rotatable bonds is 4. The second-order valence-electron chi connectivity index (χ2n) is 5.03. The number of amides is 1. The van der Waals surface area contributed by atoms with Gasteiger partial charge >= 0.3 is 0 Å². The Morgan fingerprint density at radius 2 is 2.00 bits per heavy atom. The Labute approximate surface area is 122 Å². The molecule has 4 nitrogen and oxygen atoms in total. The monoisotopic (exact) mass is 289 g/mol. The van der Waals surface area contributed by atoms with E-state index in [0.717, 1.165) is 23.9 Å². The van der Waals surface area contributed by atoms with Crippen LogP contribution in [0.2, 0.25) is 0 Å². The summed E-state index contributed by atoms with van der Waals surface area (Å²) in [4.78, 5) is 23.0. The molecule has 2 aromatic rings. The molecule has 1 aromatic carbocycles. The van der Waals surface area contributed by atoms with E-state index in [1.54, 1.807) is 12.4 Å². The number of aromatic nitrogens is 2. The molecule has 104 valence electrons. The summed E-state index contributed by atoms with van der Waals surface area (Å²) < 4.78 is 0. The van der Waals surface area contributed by atoms with Gasteiger partial charge in [0.2, 0.25) is 0 Å². The van der Waals surface area contributed by atoms with Crippen molar-refractivity contribution < 1.29 is 4.79 Å². The average molecular weight is 290 g/mol. The van der Waals surface area contributed by atoms with Crippen LogP contribution in [0.15, 0.2) is 30.6 Å². The highest BCUT2D eigenvalue weighted by Gasteiger charge is 2.28. The zero-order valence-corrected chi connectivity index (χ0v) is 11.9. The summed E-state index contributed by atoms with van der Waals surface area (Å²) in [5, 5.41) is 0. The van der Waals surface area contributed by atoms with Crippen molar-refractivity contribution >= 4 is 28.5 Å². The van der Waals surface area contributed by atoms with Crippen LogP contribution in [-0.2, 0) is 0 Å². The third-order valence-electron chi connectivity index (χ3n) is 3.82. The molecule has 0 bridgehead atoms. The van der Waals surface area contributed by atoms with Crippen molar-refractivity contribution in [3.05, 3.63) is 36.2 Å². The van der Waals surface area contributed by atoms with E-state index in [9.17, 15) is 4.79 Å². The van der Waals surface area contributed by atoms with Crippen molar-refractivity contribution in [2.24, 2.45) is 0 Å². The minimum Gasteiger partial charge on any atom is -0.334 e. The third kappa shape index (κ3) is 2.48. The second-order valence-corrected chi connectivity index (χ2v) is 5.41. The third-order valence-corrected chi connectivity index (χ3v) is 3.99. The van der Waals surface area contributed by atoms with Gasteiger partial charge < -0.3 is 4.90 Å². The van der Waals surface area contributed by atoms with Crippen LogP contribution in [0.1, 0.15) is 29.6 Å². The summed E-state index contributed by atoms with van der Waals surface area (Å²) in [5.74, 6) is 0.512. The Hall–Kier alpha value is -1.68. The molecule has 1 aromatic heterocycles. The van der Waals surface area contributed by atoms with E-state index in [-0.39, 0.29) is 5.91 Å². The summed E-state index contributed by atoms with van der Waals surface area (Å²) in [6, 6.07) is 5.82. The predicted octanol–water partition coefficient (Wildman–Crippen LogP) is 2.86. The average Bonchev–Trinajstić information content (AvgIpc) is 2.43. The van der Waals surface area contributed by atoms with E-state index >= 15 is 0 Å². The van der Waals surface area contributed by atoms with Crippen molar-refractivity contribution in [1.29, 1.82) is 0 Å². The zero-order chi connectivity index (χ0) is 13.9. The quantitative estimate of drug-likeness (QED) is 0.813. The number of hydrogen-bond acceptors (Lipinski definition) is 3. The van der Waals surface area contributed by atoms with Crippen LogP contribution in [-0.4, -0.2) is 39.2 Å². The molecule has 5 heteroatoms. The van der Waals surface area contributed by atoms with Gasteiger partial charge in [-0.2, -0.15) is 0 Å². The molecule has 0 unspecified atom stereocenters. The SMILES string of the molecule is O=C(c1ccc2nccnc2c1)N(CCCl)C1CCC1. The Morgan fingerprint density at radius 1 is 1.25 bits per heavy atom. The van der Waals surface area contributed by atoms with Gasteiger partial charge in [0.15, 0.2) is 0 Å². The van der Waals surface area contributed by atoms with Gasteiger partial charge in [0.05, 0.1) is 11.0 Å². The Bertz CT molecular complexity index is 627. The van der Waals surface area contributed by atoms with Crippen molar-refractivity contribution in [1.82, 2.24) is 14.9 Å². The summed E-state index contributed by atoms with van der Waals surface area (Å²) in [6.07, 6.45) is 6.64. The molecule has 1 aliphatic carbocycles. The van der Waals surface area contributed by atoms with Crippen LogP contribution in [0.4, 0.5) is 0 Å². The van der Waals surface area contributed by atoms with Crippen molar-refractivity contribution in [2.75, 3.05) is 12.4 Å². The number of halogens is 1.